The van der Waals surface area contributed by atoms with E-state index < -0.39 is 7.12 Å². The van der Waals surface area contributed by atoms with Crippen molar-refractivity contribution in [1.29, 1.82) is 0 Å². The first-order valence-electron chi connectivity index (χ1n) is 4.17. The maximum Gasteiger partial charge on any atom is 0.562 e. The first kappa shape index (κ1) is 9.80. The molecule has 0 aromatic heterocycles. The molecule has 0 radical (unpaired) electrons. The number of aliphatic imine (C=N–C) groups is 1. The largest absolute Gasteiger partial charge is 0.562 e. The Labute approximate surface area is 78.3 Å². The van der Waals surface area contributed by atoms with E-state index in [2.05, 4.69) is 11.6 Å². The van der Waals surface area contributed by atoms with Crippen LogP contribution >= 0.6 is 0 Å². The van der Waals surface area contributed by atoms with Gasteiger partial charge >= 0.3 is 7.12 Å². The Bertz CT molecular complexity index is 281. The van der Waals surface area contributed by atoms with Gasteiger partial charge in [0.05, 0.1) is 0 Å². The highest BCUT2D eigenvalue weighted by Gasteiger charge is 2.24. The van der Waals surface area contributed by atoms with Crippen LogP contribution in [0.3, 0.4) is 0 Å². The lowest BCUT2D eigenvalue weighted by Gasteiger charge is -2.13. The van der Waals surface area contributed by atoms with Crippen molar-refractivity contribution in [2.24, 2.45) is 4.99 Å². The van der Waals surface area contributed by atoms with Crippen LogP contribution < -0.4 is 0 Å². The van der Waals surface area contributed by atoms with E-state index in [1.165, 1.54) is 6.40 Å². The highest BCUT2D eigenvalue weighted by molar-refractivity contribution is 6.55. The lowest BCUT2D eigenvalue weighted by molar-refractivity contribution is 0.427. The van der Waals surface area contributed by atoms with Gasteiger partial charge in [0.15, 0.2) is 6.40 Å². The predicted molar refractivity (Wildman–Crippen MR) is 54.2 cm³/mol. The number of rotatable bonds is 3. The van der Waals surface area contributed by atoms with Crippen molar-refractivity contribution in [2.45, 2.75) is 13.3 Å². The zero-order chi connectivity index (χ0) is 9.68. The van der Waals surface area contributed by atoms with Gasteiger partial charge in [0.2, 0.25) is 0 Å². The van der Waals surface area contributed by atoms with Crippen molar-refractivity contribution in [3.8, 4) is 0 Å². The molecule has 0 atom stereocenters. The van der Waals surface area contributed by atoms with Crippen molar-refractivity contribution in [3.63, 3.8) is 0 Å². The van der Waals surface area contributed by atoms with Crippen LogP contribution in [0.25, 0.3) is 0 Å². The Morgan fingerprint density at radius 2 is 2.54 bits per heavy atom. The standard InChI is InChI=1S/C9H12BNO2/c1-3-5-6-8-9(4-2)11-7-13-10(8)12/h3,5-7,12H,1,4H2,2H3/b6-5-. The fraction of sp³-hybridized carbons (Fsp3) is 0.222. The Morgan fingerprint density at radius 1 is 1.77 bits per heavy atom. The lowest BCUT2D eigenvalue weighted by Crippen LogP contribution is -2.24. The van der Waals surface area contributed by atoms with Gasteiger partial charge in [-0.15, -0.1) is 0 Å². The summed E-state index contributed by atoms with van der Waals surface area (Å²) in [6.45, 7) is 5.53. The minimum atomic E-state index is -0.899. The van der Waals surface area contributed by atoms with Gasteiger partial charge < -0.3 is 9.68 Å². The molecular weight excluding hydrogens is 165 g/mol. The van der Waals surface area contributed by atoms with Gasteiger partial charge in [-0.2, -0.15) is 0 Å². The lowest BCUT2D eigenvalue weighted by atomic mass is 9.76. The molecule has 1 rings (SSSR count). The third-order valence-electron chi connectivity index (χ3n) is 1.74. The zero-order valence-electron chi connectivity index (χ0n) is 7.60. The fourth-order valence-corrected chi connectivity index (χ4v) is 1.09. The Morgan fingerprint density at radius 3 is 3.15 bits per heavy atom. The number of nitrogens with zero attached hydrogens (tertiary/aromatic N) is 1. The fourth-order valence-electron chi connectivity index (χ4n) is 1.09. The minimum absolute atomic E-state index is 0.699. The summed E-state index contributed by atoms with van der Waals surface area (Å²) in [5.74, 6) is 0. The Hall–Kier alpha value is -1.29. The molecule has 1 aliphatic heterocycles. The minimum Gasteiger partial charge on any atom is -0.524 e. The summed E-state index contributed by atoms with van der Waals surface area (Å²) in [6, 6.07) is 0. The SMILES string of the molecule is C=C/C=C\C1=C(CC)N=COB1O. The van der Waals surface area contributed by atoms with Crippen LogP contribution in [0.2, 0.25) is 0 Å². The average Bonchev–Trinajstić information content (AvgIpc) is 2.15. The van der Waals surface area contributed by atoms with Crippen LogP contribution in [0.15, 0.2) is 41.0 Å². The summed E-state index contributed by atoms with van der Waals surface area (Å²) in [6.07, 6.45) is 7.19. The molecule has 0 bridgehead atoms. The quantitative estimate of drug-likeness (QED) is 0.523. The van der Waals surface area contributed by atoms with Crippen LogP contribution in [0.4, 0.5) is 0 Å². The van der Waals surface area contributed by atoms with Gasteiger partial charge in [-0.05, 0) is 6.42 Å². The molecule has 1 N–H and O–H groups in total. The van der Waals surface area contributed by atoms with Crippen molar-refractivity contribution < 1.29 is 9.68 Å². The molecule has 0 unspecified atom stereocenters. The molecule has 68 valence electrons. The second kappa shape index (κ2) is 4.67. The van der Waals surface area contributed by atoms with Crippen LogP contribution in [0.5, 0.6) is 0 Å². The topological polar surface area (TPSA) is 41.8 Å². The van der Waals surface area contributed by atoms with Crippen LogP contribution in [0.1, 0.15) is 13.3 Å². The maximum atomic E-state index is 9.44. The molecule has 0 saturated carbocycles. The van der Waals surface area contributed by atoms with Crippen molar-refractivity contribution in [1.82, 2.24) is 0 Å². The third kappa shape index (κ3) is 2.32. The highest BCUT2D eigenvalue weighted by atomic mass is 16.5. The Balaban J connectivity index is 2.94. The van der Waals surface area contributed by atoms with Crippen LogP contribution in [-0.2, 0) is 4.65 Å². The molecule has 0 saturated heterocycles. The molecule has 0 spiro atoms. The number of hydrogen-bond acceptors (Lipinski definition) is 3. The third-order valence-corrected chi connectivity index (χ3v) is 1.74. The maximum absolute atomic E-state index is 9.44. The van der Waals surface area contributed by atoms with E-state index in [1.807, 2.05) is 6.92 Å². The predicted octanol–water partition coefficient (Wildman–Crippen LogP) is 1.47. The normalized spacial score (nSPS) is 16.6. The van der Waals surface area contributed by atoms with Crippen molar-refractivity contribution in [3.05, 3.63) is 36.0 Å². The summed E-state index contributed by atoms with van der Waals surface area (Å²) < 4.78 is 4.84. The van der Waals surface area contributed by atoms with E-state index >= 15 is 0 Å². The molecule has 0 fully saturated rings. The van der Waals surface area contributed by atoms with Gasteiger partial charge in [0, 0.05) is 11.2 Å². The number of hydrogen-bond donors (Lipinski definition) is 1. The van der Waals surface area contributed by atoms with Gasteiger partial charge in [-0.25, -0.2) is 4.99 Å². The summed E-state index contributed by atoms with van der Waals surface area (Å²) in [5.41, 5.74) is 1.54. The van der Waals surface area contributed by atoms with E-state index in [-0.39, 0.29) is 0 Å². The van der Waals surface area contributed by atoms with Crippen LogP contribution in [0, 0.1) is 0 Å². The summed E-state index contributed by atoms with van der Waals surface area (Å²) in [5, 5.41) is 9.44. The summed E-state index contributed by atoms with van der Waals surface area (Å²) in [7, 11) is -0.899. The van der Waals surface area contributed by atoms with E-state index in [0.717, 1.165) is 12.1 Å². The molecule has 0 amide bonds. The van der Waals surface area contributed by atoms with Gasteiger partial charge in [-0.1, -0.05) is 31.7 Å². The van der Waals surface area contributed by atoms with E-state index in [4.69, 9.17) is 4.65 Å². The monoisotopic (exact) mass is 177 g/mol. The summed E-state index contributed by atoms with van der Waals surface area (Å²) in [4.78, 5) is 4.02. The molecule has 4 heteroatoms. The molecule has 1 heterocycles. The van der Waals surface area contributed by atoms with Crippen LogP contribution in [-0.4, -0.2) is 18.5 Å². The molecule has 0 aromatic carbocycles. The molecule has 1 aliphatic rings. The zero-order valence-corrected chi connectivity index (χ0v) is 7.60. The molecule has 0 aromatic rings. The Kier molecular flexibility index (Phi) is 3.52. The number of allylic oxidation sites excluding steroid dienone is 5. The van der Waals surface area contributed by atoms with Crippen molar-refractivity contribution >= 4 is 13.5 Å². The molecule has 3 nitrogen and oxygen atoms in total. The van der Waals surface area contributed by atoms with E-state index in [0.29, 0.717) is 5.47 Å². The first-order chi connectivity index (χ1) is 6.29. The van der Waals surface area contributed by atoms with Gasteiger partial charge in [0.25, 0.3) is 0 Å². The first-order valence-corrected chi connectivity index (χ1v) is 4.17. The van der Waals surface area contributed by atoms with Crippen molar-refractivity contribution in [2.75, 3.05) is 0 Å². The van der Waals surface area contributed by atoms with Gasteiger partial charge in [-0.3, -0.25) is 0 Å². The molecule has 0 aliphatic carbocycles. The smallest absolute Gasteiger partial charge is 0.524 e. The molecule has 13 heavy (non-hydrogen) atoms. The second-order valence-electron chi connectivity index (χ2n) is 2.57. The summed E-state index contributed by atoms with van der Waals surface area (Å²) >= 11 is 0. The second-order valence-corrected chi connectivity index (χ2v) is 2.57. The van der Waals surface area contributed by atoms with Gasteiger partial charge in [0.1, 0.15) is 0 Å². The molecular formula is C9H12BNO2. The van der Waals surface area contributed by atoms with E-state index in [1.54, 1.807) is 18.2 Å². The highest BCUT2D eigenvalue weighted by Crippen LogP contribution is 2.17. The van der Waals surface area contributed by atoms with E-state index in [9.17, 15) is 5.02 Å². The average molecular weight is 177 g/mol.